The molecular weight excluding hydrogens is 370 g/mol. The maximum absolute atomic E-state index is 12.7. The van der Waals surface area contributed by atoms with E-state index in [1.807, 2.05) is 11.9 Å². The molecule has 0 spiro atoms. The summed E-state index contributed by atoms with van der Waals surface area (Å²) < 4.78 is 38.0. The zero-order chi connectivity index (χ0) is 13.2. The molecule has 2 atom stereocenters. The van der Waals surface area contributed by atoms with E-state index in [2.05, 4.69) is 10.3 Å². The molecule has 0 aromatic heterocycles. The zero-order valence-corrected chi connectivity index (χ0v) is 13.4. The van der Waals surface area contributed by atoms with Crippen LogP contribution in [0.25, 0.3) is 0 Å². The SMILES string of the molecule is CN1CCN=C1NCC1CCCC(C(F)(F)F)C1.I. The Bertz CT molecular complexity index is 320. The van der Waals surface area contributed by atoms with Crippen molar-refractivity contribution < 1.29 is 13.2 Å². The van der Waals surface area contributed by atoms with Gasteiger partial charge >= 0.3 is 6.18 Å². The number of likely N-dealkylation sites (N-methyl/N-ethyl adjacent to an activating group) is 1. The number of halogens is 4. The highest BCUT2D eigenvalue weighted by atomic mass is 127. The zero-order valence-electron chi connectivity index (χ0n) is 11.0. The molecule has 112 valence electrons. The van der Waals surface area contributed by atoms with Crippen LogP contribution in [0.1, 0.15) is 25.7 Å². The summed E-state index contributed by atoms with van der Waals surface area (Å²) in [7, 11) is 1.94. The lowest BCUT2D eigenvalue weighted by Gasteiger charge is -2.31. The normalized spacial score (nSPS) is 27.8. The molecule has 0 amide bonds. The predicted octanol–water partition coefficient (Wildman–Crippen LogP) is 2.86. The minimum atomic E-state index is -4.03. The van der Waals surface area contributed by atoms with Crippen LogP contribution < -0.4 is 5.32 Å². The molecule has 0 radical (unpaired) electrons. The van der Waals surface area contributed by atoms with E-state index >= 15 is 0 Å². The summed E-state index contributed by atoms with van der Waals surface area (Å²) >= 11 is 0. The third-order valence-electron chi connectivity index (χ3n) is 3.85. The number of guanidine groups is 1. The highest BCUT2D eigenvalue weighted by Gasteiger charge is 2.42. The number of hydrogen-bond donors (Lipinski definition) is 1. The Balaban J connectivity index is 0.00000180. The number of nitrogens with one attached hydrogen (secondary N) is 1. The first-order chi connectivity index (χ1) is 8.47. The smallest absolute Gasteiger partial charge is 0.356 e. The summed E-state index contributed by atoms with van der Waals surface area (Å²) in [4.78, 5) is 6.28. The molecule has 1 aliphatic carbocycles. The van der Waals surface area contributed by atoms with Gasteiger partial charge in [-0.3, -0.25) is 4.99 Å². The third kappa shape index (κ3) is 4.68. The quantitative estimate of drug-likeness (QED) is 0.734. The highest BCUT2D eigenvalue weighted by Crippen LogP contribution is 2.39. The molecule has 1 heterocycles. The van der Waals surface area contributed by atoms with Crippen LogP contribution in [-0.2, 0) is 0 Å². The molecule has 2 unspecified atom stereocenters. The Morgan fingerprint density at radius 2 is 2.11 bits per heavy atom. The van der Waals surface area contributed by atoms with Gasteiger partial charge in [-0.25, -0.2) is 0 Å². The number of rotatable bonds is 2. The van der Waals surface area contributed by atoms with E-state index in [1.165, 1.54) is 0 Å². The van der Waals surface area contributed by atoms with Crippen LogP contribution >= 0.6 is 24.0 Å². The summed E-state index contributed by atoms with van der Waals surface area (Å²) in [6.07, 6.45) is -1.91. The van der Waals surface area contributed by atoms with Gasteiger partial charge < -0.3 is 10.2 Å². The predicted molar refractivity (Wildman–Crippen MR) is 79.9 cm³/mol. The second kappa shape index (κ2) is 6.99. The Kier molecular flexibility index (Phi) is 6.19. The molecule has 0 aromatic carbocycles. The van der Waals surface area contributed by atoms with Crippen molar-refractivity contribution in [2.24, 2.45) is 16.8 Å². The molecule has 1 N–H and O–H groups in total. The molecule has 19 heavy (non-hydrogen) atoms. The van der Waals surface area contributed by atoms with Gasteiger partial charge in [0.1, 0.15) is 0 Å². The average molecular weight is 391 g/mol. The minimum Gasteiger partial charge on any atom is -0.356 e. The van der Waals surface area contributed by atoms with Gasteiger partial charge in [-0.1, -0.05) is 6.42 Å². The van der Waals surface area contributed by atoms with Crippen molar-refractivity contribution in [2.75, 3.05) is 26.7 Å². The van der Waals surface area contributed by atoms with E-state index < -0.39 is 12.1 Å². The molecule has 0 bridgehead atoms. The van der Waals surface area contributed by atoms with Crippen LogP contribution in [0.15, 0.2) is 4.99 Å². The van der Waals surface area contributed by atoms with Gasteiger partial charge in [0.05, 0.1) is 12.5 Å². The van der Waals surface area contributed by atoms with Crippen LogP contribution in [-0.4, -0.2) is 43.7 Å². The number of hydrogen-bond acceptors (Lipinski definition) is 3. The van der Waals surface area contributed by atoms with E-state index in [1.54, 1.807) is 0 Å². The lowest BCUT2D eigenvalue weighted by Crippen LogP contribution is -2.40. The van der Waals surface area contributed by atoms with Crippen molar-refractivity contribution in [3.63, 3.8) is 0 Å². The third-order valence-corrected chi connectivity index (χ3v) is 3.85. The van der Waals surface area contributed by atoms with Gasteiger partial charge in [0.25, 0.3) is 0 Å². The summed E-state index contributed by atoms with van der Waals surface area (Å²) in [5.74, 6) is -0.174. The van der Waals surface area contributed by atoms with Gasteiger partial charge in [0, 0.05) is 20.1 Å². The molecule has 3 nitrogen and oxygen atoms in total. The summed E-state index contributed by atoms with van der Waals surface area (Å²) in [5.41, 5.74) is 0. The Morgan fingerprint density at radius 1 is 1.37 bits per heavy atom. The Hall–Kier alpha value is -0.210. The van der Waals surface area contributed by atoms with E-state index in [0.29, 0.717) is 19.4 Å². The topological polar surface area (TPSA) is 27.6 Å². The second-order valence-electron chi connectivity index (χ2n) is 5.28. The lowest BCUT2D eigenvalue weighted by atomic mass is 9.81. The lowest BCUT2D eigenvalue weighted by molar-refractivity contribution is -0.185. The van der Waals surface area contributed by atoms with E-state index in [0.717, 1.165) is 25.5 Å². The van der Waals surface area contributed by atoms with Crippen LogP contribution in [0.2, 0.25) is 0 Å². The molecule has 0 aromatic rings. The Morgan fingerprint density at radius 3 is 2.68 bits per heavy atom. The van der Waals surface area contributed by atoms with Crippen molar-refractivity contribution in [1.29, 1.82) is 0 Å². The summed E-state index contributed by atoms with van der Waals surface area (Å²) in [5, 5.41) is 3.18. The van der Waals surface area contributed by atoms with Crippen molar-refractivity contribution >= 4 is 29.9 Å². The molecule has 2 rings (SSSR count). The molecule has 2 aliphatic rings. The standard InChI is InChI=1S/C12H20F3N3.HI/c1-18-6-5-16-11(18)17-8-9-3-2-4-10(7-9)12(13,14)15;/h9-10H,2-8H2,1H3,(H,16,17);1H. The first-order valence-corrected chi connectivity index (χ1v) is 6.53. The molecule has 7 heteroatoms. The fraction of sp³-hybridized carbons (Fsp3) is 0.917. The van der Waals surface area contributed by atoms with Crippen molar-refractivity contribution in [1.82, 2.24) is 10.2 Å². The van der Waals surface area contributed by atoms with Gasteiger partial charge in [0.15, 0.2) is 5.96 Å². The molecule has 0 saturated heterocycles. The molecule has 1 fully saturated rings. The fourth-order valence-electron chi connectivity index (χ4n) is 2.73. The molecule has 1 aliphatic heterocycles. The van der Waals surface area contributed by atoms with Crippen molar-refractivity contribution in [3.05, 3.63) is 0 Å². The van der Waals surface area contributed by atoms with Crippen molar-refractivity contribution in [3.8, 4) is 0 Å². The van der Waals surface area contributed by atoms with E-state index in [-0.39, 0.29) is 36.3 Å². The average Bonchev–Trinajstić information content (AvgIpc) is 2.72. The maximum Gasteiger partial charge on any atom is 0.391 e. The van der Waals surface area contributed by atoms with Crippen LogP contribution in [0, 0.1) is 11.8 Å². The highest BCUT2D eigenvalue weighted by molar-refractivity contribution is 14.0. The number of alkyl halides is 3. The largest absolute Gasteiger partial charge is 0.391 e. The van der Waals surface area contributed by atoms with Crippen LogP contribution in [0.3, 0.4) is 0 Å². The van der Waals surface area contributed by atoms with E-state index in [4.69, 9.17) is 0 Å². The van der Waals surface area contributed by atoms with Gasteiger partial charge in [0.2, 0.25) is 0 Å². The number of nitrogens with zero attached hydrogens (tertiary/aromatic N) is 2. The first kappa shape index (κ1) is 16.8. The van der Waals surface area contributed by atoms with Gasteiger partial charge in [-0.15, -0.1) is 24.0 Å². The molecule has 1 saturated carbocycles. The summed E-state index contributed by atoms with van der Waals surface area (Å²) in [6.45, 7) is 2.27. The van der Waals surface area contributed by atoms with Crippen LogP contribution in [0.4, 0.5) is 13.2 Å². The second-order valence-corrected chi connectivity index (χ2v) is 5.28. The number of aliphatic imine (C=N–C) groups is 1. The molecular formula is C12H21F3IN3. The van der Waals surface area contributed by atoms with Gasteiger partial charge in [-0.05, 0) is 25.2 Å². The summed E-state index contributed by atoms with van der Waals surface area (Å²) in [6, 6.07) is 0. The fourth-order valence-corrected chi connectivity index (χ4v) is 2.73. The first-order valence-electron chi connectivity index (χ1n) is 6.53. The Labute approximate surface area is 129 Å². The maximum atomic E-state index is 12.7. The van der Waals surface area contributed by atoms with E-state index in [9.17, 15) is 13.2 Å². The monoisotopic (exact) mass is 391 g/mol. The van der Waals surface area contributed by atoms with Gasteiger partial charge in [-0.2, -0.15) is 13.2 Å². The van der Waals surface area contributed by atoms with Crippen molar-refractivity contribution in [2.45, 2.75) is 31.9 Å². The minimum absolute atomic E-state index is 0. The van der Waals surface area contributed by atoms with Crippen LogP contribution in [0.5, 0.6) is 0 Å².